The van der Waals surface area contributed by atoms with Crippen LogP contribution in [0.1, 0.15) is 0 Å². The number of likely N-dealkylation sites (N-methyl/N-ethyl adjacent to an activating group) is 1. The van der Waals surface area contributed by atoms with Crippen molar-refractivity contribution in [2.75, 3.05) is 159 Å². The first-order valence-corrected chi connectivity index (χ1v) is 13.5. The molecule has 0 saturated heterocycles. The fourth-order valence-corrected chi connectivity index (χ4v) is 2.54. The minimum absolute atomic E-state index is 0.520. The summed E-state index contributed by atoms with van der Waals surface area (Å²) in [5, 5.41) is 3.02. The third kappa shape index (κ3) is 35.3. The first kappa shape index (κ1) is 37.3. The van der Waals surface area contributed by atoms with E-state index in [1.807, 2.05) is 7.05 Å². The number of rotatable bonds is 35. The van der Waals surface area contributed by atoms with E-state index in [0.717, 1.165) is 6.54 Å². The molecule has 0 aliphatic carbocycles. The predicted octanol–water partition coefficient (Wildman–Crippen LogP) is 0.574. The largest absolute Gasteiger partial charge is 0.378 e. The highest BCUT2D eigenvalue weighted by Crippen LogP contribution is 1.87. The molecule has 0 aromatic carbocycles. The molecule has 0 aliphatic rings. The second-order valence-corrected chi connectivity index (χ2v) is 7.59. The lowest BCUT2D eigenvalue weighted by Crippen LogP contribution is -2.17. The van der Waals surface area contributed by atoms with E-state index in [2.05, 4.69) is 11.9 Å². The molecule has 228 valence electrons. The topological polar surface area (TPSA) is 114 Å². The van der Waals surface area contributed by atoms with Gasteiger partial charge in [0, 0.05) is 6.54 Å². The fourth-order valence-electron chi connectivity index (χ4n) is 2.54. The van der Waals surface area contributed by atoms with Gasteiger partial charge in [0.2, 0.25) is 0 Å². The Balaban J connectivity index is 3.01. The highest BCUT2D eigenvalue weighted by atomic mass is 16.6. The molecular weight excluding hydrogens is 502 g/mol. The molecule has 0 bridgehead atoms. The number of ether oxygens (including phenoxy) is 11. The molecule has 1 N–H and O–H groups in total. The van der Waals surface area contributed by atoms with Crippen molar-refractivity contribution < 1.29 is 52.1 Å². The average molecular weight is 556 g/mol. The van der Waals surface area contributed by atoms with Crippen molar-refractivity contribution in [1.82, 2.24) is 5.32 Å². The Kier molecular flexibility index (Phi) is 35.6. The minimum atomic E-state index is 0.520. The van der Waals surface area contributed by atoms with E-state index >= 15 is 0 Å². The summed E-state index contributed by atoms with van der Waals surface area (Å²) >= 11 is 0. The van der Waals surface area contributed by atoms with Gasteiger partial charge in [0.1, 0.15) is 0 Å². The highest BCUT2D eigenvalue weighted by molar-refractivity contribution is 4.63. The average Bonchev–Trinajstić information content (AvgIpc) is 2.93. The SMILES string of the molecule is C=CCOCCOCCOCCOCCOCCOCCOCCOCCOCCOCCOCCNC. The molecule has 0 rings (SSSR count). The minimum Gasteiger partial charge on any atom is -0.378 e. The van der Waals surface area contributed by atoms with Crippen LogP contribution in [0.25, 0.3) is 0 Å². The van der Waals surface area contributed by atoms with Crippen LogP contribution in [0.15, 0.2) is 12.7 Å². The van der Waals surface area contributed by atoms with Crippen LogP contribution in [0, 0.1) is 0 Å². The summed E-state index contributed by atoms with van der Waals surface area (Å²) in [5.74, 6) is 0. The van der Waals surface area contributed by atoms with E-state index in [9.17, 15) is 0 Å². The van der Waals surface area contributed by atoms with Crippen molar-refractivity contribution in [3.63, 3.8) is 0 Å². The smallest absolute Gasteiger partial charge is 0.0704 e. The summed E-state index contributed by atoms with van der Waals surface area (Å²) in [7, 11) is 1.90. The summed E-state index contributed by atoms with van der Waals surface area (Å²) in [6.45, 7) is 16.4. The van der Waals surface area contributed by atoms with Gasteiger partial charge in [-0.2, -0.15) is 0 Å². The molecule has 0 aromatic rings. The van der Waals surface area contributed by atoms with Gasteiger partial charge in [-0.05, 0) is 7.05 Å². The van der Waals surface area contributed by atoms with Gasteiger partial charge < -0.3 is 57.4 Å². The van der Waals surface area contributed by atoms with Gasteiger partial charge in [0.25, 0.3) is 0 Å². The second kappa shape index (κ2) is 36.3. The van der Waals surface area contributed by atoms with Gasteiger partial charge in [-0.3, -0.25) is 0 Å². The molecule has 12 heteroatoms. The van der Waals surface area contributed by atoms with Crippen molar-refractivity contribution in [2.24, 2.45) is 0 Å². The van der Waals surface area contributed by atoms with Crippen LogP contribution in [-0.4, -0.2) is 159 Å². The quantitative estimate of drug-likeness (QED) is 0.0871. The predicted molar refractivity (Wildman–Crippen MR) is 143 cm³/mol. The number of nitrogens with one attached hydrogen (secondary N) is 1. The Bertz CT molecular complexity index is 436. The third-order valence-corrected chi connectivity index (χ3v) is 4.45. The van der Waals surface area contributed by atoms with E-state index in [0.29, 0.717) is 145 Å². The van der Waals surface area contributed by atoms with Gasteiger partial charge in [0.05, 0.1) is 145 Å². The van der Waals surface area contributed by atoms with Gasteiger partial charge in [-0.1, -0.05) is 6.08 Å². The molecule has 0 heterocycles. The normalized spacial score (nSPS) is 11.4. The lowest BCUT2D eigenvalue weighted by molar-refractivity contribution is -0.0272. The maximum atomic E-state index is 5.46. The lowest BCUT2D eigenvalue weighted by Gasteiger charge is -2.09. The van der Waals surface area contributed by atoms with Crippen molar-refractivity contribution in [3.05, 3.63) is 12.7 Å². The Hall–Kier alpha value is -0.740. The molecule has 0 atom stereocenters. The van der Waals surface area contributed by atoms with E-state index in [-0.39, 0.29) is 0 Å². The fraction of sp³-hybridized carbons (Fsp3) is 0.923. The van der Waals surface area contributed by atoms with E-state index in [1.54, 1.807) is 6.08 Å². The molecule has 0 unspecified atom stereocenters. The van der Waals surface area contributed by atoms with Crippen molar-refractivity contribution in [2.45, 2.75) is 0 Å². The van der Waals surface area contributed by atoms with Gasteiger partial charge in [0.15, 0.2) is 0 Å². The van der Waals surface area contributed by atoms with Crippen LogP contribution in [0.3, 0.4) is 0 Å². The maximum Gasteiger partial charge on any atom is 0.0704 e. The van der Waals surface area contributed by atoms with Crippen molar-refractivity contribution in [1.29, 1.82) is 0 Å². The van der Waals surface area contributed by atoms with Crippen LogP contribution < -0.4 is 5.32 Å². The van der Waals surface area contributed by atoms with Crippen LogP contribution in [0.2, 0.25) is 0 Å². The molecule has 38 heavy (non-hydrogen) atoms. The van der Waals surface area contributed by atoms with Gasteiger partial charge >= 0.3 is 0 Å². The van der Waals surface area contributed by atoms with Crippen LogP contribution in [0.5, 0.6) is 0 Å². The Morgan fingerprint density at radius 1 is 0.368 bits per heavy atom. The zero-order valence-electron chi connectivity index (χ0n) is 23.5. The first-order chi connectivity index (χ1) is 18.9. The van der Waals surface area contributed by atoms with Crippen LogP contribution in [0.4, 0.5) is 0 Å². The Morgan fingerprint density at radius 3 is 0.789 bits per heavy atom. The van der Waals surface area contributed by atoms with E-state index in [1.165, 1.54) is 0 Å². The number of hydrogen-bond acceptors (Lipinski definition) is 12. The Labute approximate surface area is 229 Å². The van der Waals surface area contributed by atoms with E-state index < -0.39 is 0 Å². The van der Waals surface area contributed by atoms with Gasteiger partial charge in [-0.25, -0.2) is 0 Å². The van der Waals surface area contributed by atoms with Crippen molar-refractivity contribution >= 4 is 0 Å². The monoisotopic (exact) mass is 555 g/mol. The molecule has 0 aromatic heterocycles. The Morgan fingerprint density at radius 2 is 0.579 bits per heavy atom. The molecule has 0 spiro atoms. The standard InChI is InChI=1S/C26H53NO11/c1-3-5-28-7-9-30-11-13-32-15-17-34-19-21-36-23-25-38-26-24-37-22-20-35-18-16-33-14-12-31-10-8-29-6-4-27-2/h3,27H,1,4-26H2,2H3. The zero-order chi connectivity index (χ0) is 27.5. The molecule has 0 amide bonds. The summed E-state index contributed by atoms with van der Waals surface area (Å²) in [6.07, 6.45) is 1.71. The molecule has 0 aliphatic heterocycles. The van der Waals surface area contributed by atoms with Crippen molar-refractivity contribution in [3.8, 4) is 0 Å². The third-order valence-electron chi connectivity index (χ3n) is 4.45. The molecule has 0 radical (unpaired) electrons. The molecule has 12 nitrogen and oxygen atoms in total. The van der Waals surface area contributed by atoms with Crippen LogP contribution >= 0.6 is 0 Å². The molecule has 0 fully saturated rings. The lowest BCUT2D eigenvalue weighted by atomic mass is 10.6. The van der Waals surface area contributed by atoms with Gasteiger partial charge in [-0.15, -0.1) is 6.58 Å². The van der Waals surface area contributed by atoms with E-state index in [4.69, 9.17) is 52.1 Å². The highest BCUT2D eigenvalue weighted by Gasteiger charge is 1.96. The molecule has 0 saturated carbocycles. The summed E-state index contributed by atoms with van der Waals surface area (Å²) < 4.78 is 59.4. The second-order valence-electron chi connectivity index (χ2n) is 7.59. The number of hydrogen-bond donors (Lipinski definition) is 1. The zero-order valence-corrected chi connectivity index (χ0v) is 23.5. The maximum absolute atomic E-state index is 5.46. The summed E-state index contributed by atoms with van der Waals surface area (Å²) in [5.41, 5.74) is 0. The summed E-state index contributed by atoms with van der Waals surface area (Å²) in [4.78, 5) is 0. The molecular formula is C26H53NO11. The first-order valence-electron chi connectivity index (χ1n) is 13.5. The van der Waals surface area contributed by atoms with Crippen LogP contribution in [-0.2, 0) is 52.1 Å². The summed E-state index contributed by atoms with van der Waals surface area (Å²) in [6, 6.07) is 0.